The van der Waals surface area contributed by atoms with Crippen molar-refractivity contribution in [1.82, 2.24) is 0 Å². The van der Waals surface area contributed by atoms with Gasteiger partial charge < -0.3 is 14.9 Å². The number of hydrogen-bond acceptors (Lipinski definition) is 5. The highest BCUT2D eigenvalue weighted by Gasteiger charge is 2.36. The topological polar surface area (TPSA) is 83.8 Å². The van der Waals surface area contributed by atoms with E-state index in [0.29, 0.717) is 13.0 Å². The van der Waals surface area contributed by atoms with E-state index in [9.17, 15) is 14.7 Å². The van der Waals surface area contributed by atoms with Crippen LogP contribution >= 0.6 is 11.8 Å². The Balaban J connectivity index is 2.37. The van der Waals surface area contributed by atoms with Gasteiger partial charge in [-0.1, -0.05) is 82.8 Å². The molecule has 32 heavy (non-hydrogen) atoms. The Hall–Kier alpha value is -1.01. The number of unbranched alkanes of at least 4 members (excludes halogenated alkanes) is 11. The summed E-state index contributed by atoms with van der Waals surface area (Å²) in [5.41, 5.74) is 1.17. The number of aliphatic hydroxyl groups excluding tert-OH is 1. The van der Waals surface area contributed by atoms with Gasteiger partial charge in [0.2, 0.25) is 0 Å². The minimum absolute atomic E-state index is 0.0243. The lowest BCUT2D eigenvalue weighted by Gasteiger charge is -2.36. The molecule has 0 aromatic carbocycles. The van der Waals surface area contributed by atoms with Crippen LogP contribution in [0.2, 0.25) is 0 Å². The van der Waals surface area contributed by atoms with Gasteiger partial charge in [0.05, 0.1) is 30.1 Å². The summed E-state index contributed by atoms with van der Waals surface area (Å²) in [6.07, 6.45) is 18.4. The molecule has 0 radical (unpaired) electrons. The Morgan fingerprint density at radius 2 is 1.59 bits per heavy atom. The molecule has 0 aliphatic heterocycles. The summed E-state index contributed by atoms with van der Waals surface area (Å²) in [5, 5.41) is 19.7. The molecule has 1 fully saturated rings. The molecule has 0 bridgehead atoms. The van der Waals surface area contributed by atoms with Crippen LogP contribution in [0.25, 0.3) is 0 Å². The largest absolute Gasteiger partial charge is 0.481 e. The van der Waals surface area contributed by atoms with Crippen LogP contribution in [-0.2, 0) is 14.3 Å². The van der Waals surface area contributed by atoms with E-state index < -0.39 is 12.1 Å². The van der Waals surface area contributed by atoms with Gasteiger partial charge in [-0.15, -0.1) is 11.8 Å². The van der Waals surface area contributed by atoms with Crippen LogP contribution in [0.15, 0.2) is 11.6 Å². The monoisotopic (exact) mass is 470 g/mol. The first-order valence-corrected chi connectivity index (χ1v) is 13.9. The highest BCUT2D eigenvalue weighted by atomic mass is 32.2. The number of rotatable bonds is 18. The molecule has 186 valence electrons. The standard InChI is InChI=1S/C26H46O5S/c1-3-5-6-7-8-9-10-11-12-13-14-15-16-21-17-18-22(19-23(27)28)25(30)26(21)32-20-24(29)31-4-2/h16,22,25-26,30H,3-15,17-20H2,1-2H3,(H,27,28)/b21-16+/t22-,25-,26-/m0/s1. The Morgan fingerprint density at radius 1 is 1.00 bits per heavy atom. The summed E-state index contributed by atoms with van der Waals surface area (Å²) >= 11 is 1.39. The van der Waals surface area contributed by atoms with E-state index in [1.54, 1.807) is 6.92 Å². The van der Waals surface area contributed by atoms with Gasteiger partial charge in [-0.25, -0.2) is 0 Å². The van der Waals surface area contributed by atoms with E-state index in [-0.39, 0.29) is 29.3 Å². The van der Waals surface area contributed by atoms with Crippen LogP contribution in [0.4, 0.5) is 0 Å². The maximum Gasteiger partial charge on any atom is 0.315 e. The van der Waals surface area contributed by atoms with Crippen LogP contribution in [-0.4, -0.2) is 45.9 Å². The molecule has 0 aromatic heterocycles. The Labute approximate surface area is 199 Å². The fourth-order valence-electron chi connectivity index (χ4n) is 4.46. The van der Waals surface area contributed by atoms with Gasteiger partial charge in [-0.2, -0.15) is 0 Å². The van der Waals surface area contributed by atoms with Gasteiger partial charge in [0.25, 0.3) is 0 Å². The SMILES string of the molecule is CCCCCCCCCCCCC/C=C1\CC[C@@H](CC(=O)O)[C@H](O)[C@H]1SCC(=O)OCC. The molecule has 1 saturated carbocycles. The summed E-state index contributed by atoms with van der Waals surface area (Å²) in [4.78, 5) is 22.9. The molecule has 3 atom stereocenters. The molecule has 0 saturated heterocycles. The molecule has 1 rings (SSSR count). The molecule has 5 nitrogen and oxygen atoms in total. The molecule has 0 unspecified atom stereocenters. The van der Waals surface area contributed by atoms with E-state index >= 15 is 0 Å². The van der Waals surface area contributed by atoms with Crippen molar-refractivity contribution in [2.24, 2.45) is 5.92 Å². The summed E-state index contributed by atoms with van der Waals surface area (Å²) < 4.78 is 5.02. The van der Waals surface area contributed by atoms with Crippen molar-refractivity contribution in [1.29, 1.82) is 0 Å². The van der Waals surface area contributed by atoms with Crippen molar-refractivity contribution in [2.75, 3.05) is 12.4 Å². The number of carboxylic acid groups (broad SMARTS) is 1. The van der Waals surface area contributed by atoms with Gasteiger partial charge in [0, 0.05) is 0 Å². The van der Waals surface area contributed by atoms with Crippen LogP contribution in [0.5, 0.6) is 0 Å². The maximum absolute atomic E-state index is 11.8. The number of hydrogen-bond donors (Lipinski definition) is 2. The number of thioether (sulfide) groups is 1. The average Bonchev–Trinajstić information content (AvgIpc) is 2.75. The highest BCUT2D eigenvalue weighted by molar-refractivity contribution is 8.00. The second kappa shape index (κ2) is 18.4. The van der Waals surface area contributed by atoms with Gasteiger partial charge in [-0.05, 0) is 38.5 Å². The number of carbonyl (C=O) groups is 2. The molecular weight excluding hydrogens is 424 g/mol. The average molecular weight is 471 g/mol. The second-order valence-corrected chi connectivity index (χ2v) is 10.2. The predicted molar refractivity (Wildman–Crippen MR) is 133 cm³/mol. The van der Waals surface area contributed by atoms with Crippen LogP contribution in [0.1, 0.15) is 110 Å². The van der Waals surface area contributed by atoms with E-state index in [1.165, 1.54) is 81.5 Å². The van der Waals surface area contributed by atoms with Gasteiger partial charge in [0.1, 0.15) is 0 Å². The van der Waals surface area contributed by atoms with Crippen molar-refractivity contribution in [2.45, 2.75) is 122 Å². The van der Waals surface area contributed by atoms with Gasteiger partial charge >= 0.3 is 11.9 Å². The Kier molecular flexibility index (Phi) is 16.7. The second-order valence-electron chi connectivity index (χ2n) is 9.03. The first-order valence-electron chi connectivity index (χ1n) is 12.9. The number of ether oxygens (including phenoxy) is 1. The molecule has 2 N–H and O–H groups in total. The summed E-state index contributed by atoms with van der Waals surface area (Å²) in [7, 11) is 0. The van der Waals surface area contributed by atoms with Crippen molar-refractivity contribution >= 4 is 23.7 Å². The van der Waals surface area contributed by atoms with Gasteiger partial charge in [0.15, 0.2) is 0 Å². The Bertz CT molecular complexity index is 548. The molecule has 0 spiro atoms. The molecule has 1 aliphatic rings. The number of aliphatic hydroxyl groups is 1. The zero-order valence-electron chi connectivity index (χ0n) is 20.4. The quantitative estimate of drug-likeness (QED) is 0.135. The normalized spacial score (nSPS) is 22.2. The lowest BCUT2D eigenvalue weighted by Crippen LogP contribution is -2.39. The fourth-order valence-corrected chi connectivity index (χ4v) is 5.71. The summed E-state index contributed by atoms with van der Waals surface area (Å²) in [6.45, 7) is 4.38. The first-order chi connectivity index (χ1) is 15.5. The van der Waals surface area contributed by atoms with Crippen LogP contribution in [0, 0.1) is 5.92 Å². The third-order valence-corrected chi connectivity index (χ3v) is 7.64. The molecule has 6 heteroatoms. The summed E-state index contributed by atoms with van der Waals surface area (Å²) in [6, 6.07) is 0. The van der Waals surface area contributed by atoms with Crippen molar-refractivity contribution in [3.05, 3.63) is 11.6 Å². The molecule has 1 aliphatic carbocycles. The number of allylic oxidation sites excluding steroid dienone is 1. The predicted octanol–water partition coefficient (Wildman–Crippen LogP) is 6.52. The van der Waals surface area contributed by atoms with Gasteiger partial charge in [-0.3, -0.25) is 9.59 Å². The maximum atomic E-state index is 11.8. The van der Waals surface area contributed by atoms with Crippen LogP contribution < -0.4 is 0 Å². The fraction of sp³-hybridized carbons (Fsp3) is 0.846. The number of esters is 1. The number of carboxylic acids is 1. The third-order valence-electron chi connectivity index (χ3n) is 6.30. The molecule has 0 heterocycles. The molecule has 0 amide bonds. The smallest absolute Gasteiger partial charge is 0.315 e. The van der Waals surface area contributed by atoms with E-state index in [4.69, 9.17) is 9.84 Å². The van der Waals surface area contributed by atoms with E-state index in [2.05, 4.69) is 13.0 Å². The number of carbonyl (C=O) groups excluding carboxylic acids is 1. The molecular formula is C26H46O5S. The summed E-state index contributed by atoms with van der Waals surface area (Å²) in [5.74, 6) is -1.23. The van der Waals surface area contributed by atoms with Crippen molar-refractivity contribution in [3.8, 4) is 0 Å². The molecule has 0 aromatic rings. The highest BCUT2D eigenvalue weighted by Crippen LogP contribution is 2.38. The van der Waals surface area contributed by atoms with Crippen molar-refractivity contribution in [3.63, 3.8) is 0 Å². The lowest BCUT2D eigenvalue weighted by atomic mass is 9.80. The first kappa shape index (κ1) is 29.0. The number of aliphatic carboxylic acids is 1. The minimum Gasteiger partial charge on any atom is -0.481 e. The Morgan fingerprint density at radius 3 is 2.16 bits per heavy atom. The van der Waals surface area contributed by atoms with Crippen molar-refractivity contribution < 1.29 is 24.5 Å². The zero-order valence-corrected chi connectivity index (χ0v) is 21.2. The zero-order chi connectivity index (χ0) is 23.6. The minimum atomic E-state index is -0.878. The third kappa shape index (κ3) is 12.9. The van der Waals surface area contributed by atoms with E-state index in [1.807, 2.05) is 0 Å². The van der Waals surface area contributed by atoms with Crippen LogP contribution in [0.3, 0.4) is 0 Å². The lowest BCUT2D eigenvalue weighted by molar-refractivity contribution is -0.140. The van der Waals surface area contributed by atoms with E-state index in [0.717, 1.165) is 19.3 Å².